The van der Waals surface area contributed by atoms with E-state index in [2.05, 4.69) is 10.1 Å². The summed E-state index contributed by atoms with van der Waals surface area (Å²) < 4.78 is 3.61. The summed E-state index contributed by atoms with van der Waals surface area (Å²) in [6, 6.07) is 0. The monoisotopic (exact) mass is 311 g/mol. The Morgan fingerprint density at radius 2 is 2.14 bits per heavy atom. The van der Waals surface area contributed by atoms with Crippen molar-refractivity contribution in [1.29, 1.82) is 0 Å². The van der Waals surface area contributed by atoms with E-state index in [1.807, 2.05) is 18.5 Å². The number of hydrogen-bond donors (Lipinski definition) is 2. The maximum absolute atomic E-state index is 10.9. The first-order valence-corrected chi connectivity index (χ1v) is 7.41. The maximum atomic E-state index is 10.9. The number of amides is 1. The molecule has 21 heavy (non-hydrogen) atoms. The Balaban J connectivity index is 2.33. The van der Waals surface area contributed by atoms with Gasteiger partial charge in [-0.1, -0.05) is 11.8 Å². The Kier molecular flexibility index (Phi) is 4.51. The van der Waals surface area contributed by atoms with Crippen molar-refractivity contribution < 1.29 is 14.7 Å². The Labute approximate surface area is 125 Å². The number of rotatable bonds is 7. The molecule has 0 radical (unpaired) electrons. The largest absolute Gasteiger partial charge is 0.481 e. The number of hydrogen-bond acceptors (Lipinski definition) is 5. The van der Waals surface area contributed by atoms with Crippen LogP contribution in [0.5, 0.6) is 0 Å². The number of primary amides is 1. The fraction of sp³-hybridized carbons (Fsp3) is 0.500. The van der Waals surface area contributed by atoms with Gasteiger partial charge in [0.1, 0.15) is 5.52 Å². The number of fused-ring (bicyclic) bond motifs is 1. The Hall–Kier alpha value is -2.03. The van der Waals surface area contributed by atoms with Crippen LogP contribution in [0, 0.1) is 6.92 Å². The zero-order valence-corrected chi connectivity index (χ0v) is 12.7. The Morgan fingerprint density at radius 1 is 1.43 bits per heavy atom. The molecule has 0 aromatic carbocycles. The zero-order valence-electron chi connectivity index (χ0n) is 11.9. The molecule has 9 heteroatoms. The minimum atomic E-state index is -0.898. The first kappa shape index (κ1) is 15.4. The predicted octanol–water partition coefficient (Wildman–Crippen LogP) is 0.520. The minimum absolute atomic E-state index is 0.0639. The molecular formula is C12H17N5O3S. The van der Waals surface area contributed by atoms with Gasteiger partial charge in [0, 0.05) is 20.0 Å². The van der Waals surface area contributed by atoms with Crippen LogP contribution in [0.3, 0.4) is 0 Å². The molecule has 3 N–H and O–H groups in total. The van der Waals surface area contributed by atoms with Crippen LogP contribution in [-0.2, 0) is 23.2 Å². The lowest BCUT2D eigenvalue weighted by molar-refractivity contribution is -0.133. The molecule has 0 saturated heterocycles. The van der Waals surface area contributed by atoms with Crippen molar-refractivity contribution in [3.63, 3.8) is 0 Å². The molecule has 0 atom stereocenters. The fourth-order valence-electron chi connectivity index (χ4n) is 2.16. The second-order valence-corrected chi connectivity index (χ2v) is 5.62. The van der Waals surface area contributed by atoms with Gasteiger partial charge < -0.3 is 15.4 Å². The van der Waals surface area contributed by atoms with E-state index in [1.165, 1.54) is 0 Å². The van der Waals surface area contributed by atoms with Gasteiger partial charge in [-0.2, -0.15) is 5.10 Å². The molecule has 0 aliphatic rings. The molecule has 2 rings (SSSR count). The van der Waals surface area contributed by atoms with E-state index in [-0.39, 0.29) is 18.1 Å². The zero-order chi connectivity index (χ0) is 15.6. The number of aryl methyl sites for hydroxylation is 3. The van der Waals surface area contributed by atoms with E-state index in [9.17, 15) is 9.59 Å². The van der Waals surface area contributed by atoms with Crippen molar-refractivity contribution in [3.8, 4) is 0 Å². The molecule has 2 aromatic heterocycles. The van der Waals surface area contributed by atoms with Gasteiger partial charge in [0.05, 0.1) is 11.4 Å². The van der Waals surface area contributed by atoms with E-state index in [4.69, 9.17) is 10.8 Å². The number of nitrogens with zero attached hydrogens (tertiary/aromatic N) is 4. The average molecular weight is 311 g/mol. The van der Waals surface area contributed by atoms with Gasteiger partial charge in [0.25, 0.3) is 0 Å². The number of aliphatic carboxylic acids is 1. The number of nitrogens with two attached hydrogens (primary N) is 1. The van der Waals surface area contributed by atoms with E-state index < -0.39 is 5.97 Å². The van der Waals surface area contributed by atoms with Crippen molar-refractivity contribution in [2.45, 2.75) is 31.5 Å². The lowest BCUT2D eigenvalue weighted by Gasteiger charge is -2.08. The van der Waals surface area contributed by atoms with Crippen LogP contribution >= 0.6 is 11.8 Å². The molecule has 1 amide bonds. The second kappa shape index (κ2) is 6.17. The van der Waals surface area contributed by atoms with E-state index >= 15 is 0 Å². The van der Waals surface area contributed by atoms with Crippen LogP contribution in [0.15, 0.2) is 5.16 Å². The van der Waals surface area contributed by atoms with Gasteiger partial charge in [0.15, 0.2) is 10.8 Å². The molecule has 0 fully saturated rings. The topological polar surface area (TPSA) is 116 Å². The number of thioether (sulfide) groups is 1. The summed E-state index contributed by atoms with van der Waals surface area (Å²) in [5, 5.41) is 13.7. The van der Waals surface area contributed by atoms with Gasteiger partial charge in [-0.3, -0.25) is 14.3 Å². The number of carboxylic acids is 1. The summed E-state index contributed by atoms with van der Waals surface area (Å²) in [7, 11) is 1.81. The van der Waals surface area contributed by atoms with E-state index in [0.29, 0.717) is 18.1 Å². The highest BCUT2D eigenvalue weighted by Gasteiger charge is 2.18. The maximum Gasteiger partial charge on any atom is 0.313 e. The van der Waals surface area contributed by atoms with Crippen molar-refractivity contribution in [3.05, 3.63) is 5.69 Å². The van der Waals surface area contributed by atoms with Crippen LogP contribution < -0.4 is 5.73 Å². The number of carboxylic acid groups (broad SMARTS) is 1. The first-order valence-electron chi connectivity index (χ1n) is 6.43. The third kappa shape index (κ3) is 3.35. The molecule has 2 heterocycles. The molecule has 0 bridgehead atoms. The third-order valence-corrected chi connectivity index (χ3v) is 3.95. The van der Waals surface area contributed by atoms with Gasteiger partial charge >= 0.3 is 5.97 Å². The summed E-state index contributed by atoms with van der Waals surface area (Å²) in [6.07, 6.45) is 0.852. The Bertz CT molecular complexity index is 691. The van der Waals surface area contributed by atoms with E-state index in [0.717, 1.165) is 28.6 Å². The van der Waals surface area contributed by atoms with Crippen LogP contribution in [0.4, 0.5) is 0 Å². The van der Waals surface area contributed by atoms with Crippen LogP contribution in [0.1, 0.15) is 18.5 Å². The van der Waals surface area contributed by atoms with Crippen molar-refractivity contribution in [1.82, 2.24) is 19.3 Å². The molecule has 0 spiro atoms. The molecular weight excluding hydrogens is 294 g/mol. The van der Waals surface area contributed by atoms with Gasteiger partial charge in [0.2, 0.25) is 5.91 Å². The van der Waals surface area contributed by atoms with Crippen molar-refractivity contribution in [2.75, 3.05) is 5.75 Å². The molecule has 0 saturated carbocycles. The summed E-state index contributed by atoms with van der Waals surface area (Å²) in [5.74, 6) is -1.32. The van der Waals surface area contributed by atoms with Crippen molar-refractivity contribution in [2.24, 2.45) is 12.8 Å². The highest BCUT2D eigenvalue weighted by atomic mass is 32.2. The lowest BCUT2D eigenvalue weighted by atomic mass is 10.3. The minimum Gasteiger partial charge on any atom is -0.481 e. The summed E-state index contributed by atoms with van der Waals surface area (Å²) in [6.45, 7) is 2.40. The molecule has 0 unspecified atom stereocenters. The molecule has 0 aliphatic carbocycles. The van der Waals surface area contributed by atoms with Gasteiger partial charge in [-0.25, -0.2) is 4.98 Å². The highest BCUT2D eigenvalue weighted by molar-refractivity contribution is 7.99. The normalized spacial score (nSPS) is 11.1. The van der Waals surface area contributed by atoms with Crippen molar-refractivity contribution >= 4 is 34.8 Å². The summed E-state index contributed by atoms with van der Waals surface area (Å²) in [4.78, 5) is 26.1. The quantitative estimate of drug-likeness (QED) is 0.720. The first-order chi connectivity index (χ1) is 9.90. The Morgan fingerprint density at radius 3 is 2.76 bits per heavy atom. The SMILES string of the molecule is Cc1nn(C)c2c1nc(SCC(=O)O)n2CCCC(N)=O. The lowest BCUT2D eigenvalue weighted by Crippen LogP contribution is -2.12. The van der Waals surface area contributed by atoms with Crippen LogP contribution in [-0.4, -0.2) is 42.1 Å². The molecule has 2 aromatic rings. The standard InChI is InChI=1S/C12H17N5O3S/c1-7-10-11(16(2)15-7)17(5-3-4-8(13)18)12(14-10)21-6-9(19)20/h3-6H2,1-2H3,(H2,13,18)(H,19,20). The molecule has 0 aliphatic heterocycles. The average Bonchev–Trinajstić information content (AvgIpc) is 2.86. The fourth-order valence-corrected chi connectivity index (χ4v) is 2.91. The number of carbonyl (C=O) groups is 2. The molecule has 8 nitrogen and oxygen atoms in total. The van der Waals surface area contributed by atoms with E-state index in [1.54, 1.807) is 4.68 Å². The highest BCUT2D eigenvalue weighted by Crippen LogP contribution is 2.26. The summed E-state index contributed by atoms with van der Waals surface area (Å²) >= 11 is 1.16. The van der Waals surface area contributed by atoms with Gasteiger partial charge in [-0.05, 0) is 13.3 Å². The van der Waals surface area contributed by atoms with Gasteiger partial charge in [-0.15, -0.1) is 0 Å². The van der Waals surface area contributed by atoms with Crippen LogP contribution in [0.25, 0.3) is 11.2 Å². The number of aromatic nitrogens is 4. The molecule has 114 valence electrons. The third-order valence-electron chi connectivity index (χ3n) is 2.98. The number of imidazole rings is 1. The smallest absolute Gasteiger partial charge is 0.313 e. The predicted molar refractivity (Wildman–Crippen MR) is 78.0 cm³/mol. The summed E-state index contributed by atoms with van der Waals surface area (Å²) in [5.41, 5.74) is 7.52. The second-order valence-electron chi connectivity index (χ2n) is 4.68. The van der Waals surface area contributed by atoms with Crippen LogP contribution in [0.2, 0.25) is 0 Å². The number of carbonyl (C=O) groups excluding carboxylic acids is 1.